The largest absolute Gasteiger partial charge is 0.456 e. The van der Waals surface area contributed by atoms with E-state index in [9.17, 15) is 0 Å². The van der Waals surface area contributed by atoms with Gasteiger partial charge in [0.2, 0.25) is 0 Å². The van der Waals surface area contributed by atoms with E-state index in [1.165, 1.54) is 32.3 Å². The first-order valence-corrected chi connectivity index (χ1v) is 19.8. The molecule has 6 heteroatoms. The summed E-state index contributed by atoms with van der Waals surface area (Å²) in [6, 6.07) is 63.5. The van der Waals surface area contributed by atoms with Crippen LogP contribution in [-0.4, -0.2) is 19.5 Å². The minimum absolute atomic E-state index is 0.569. The third kappa shape index (κ3) is 4.90. The van der Waals surface area contributed by atoms with E-state index in [2.05, 4.69) is 114 Å². The predicted octanol–water partition coefficient (Wildman–Crippen LogP) is 14.1. The van der Waals surface area contributed by atoms with Crippen molar-refractivity contribution >= 4 is 87.2 Å². The third-order valence-electron chi connectivity index (χ3n) is 11.8. The quantitative estimate of drug-likeness (QED) is 0.179. The first kappa shape index (κ1) is 32.0. The van der Waals surface area contributed by atoms with Gasteiger partial charge in [0.15, 0.2) is 17.5 Å². The lowest BCUT2D eigenvalue weighted by atomic mass is 10.0. The second-order valence-electron chi connectivity index (χ2n) is 15.2. The van der Waals surface area contributed by atoms with E-state index in [1.54, 1.807) is 0 Å². The van der Waals surface area contributed by atoms with Gasteiger partial charge >= 0.3 is 0 Å². The molecule has 59 heavy (non-hydrogen) atoms. The van der Waals surface area contributed by atoms with Crippen LogP contribution in [0.25, 0.3) is 127 Å². The number of fused-ring (bicyclic) bond motifs is 11. The van der Waals surface area contributed by atoms with Crippen LogP contribution in [-0.2, 0) is 0 Å². The Hall–Kier alpha value is -8.09. The molecule has 0 aliphatic heterocycles. The maximum Gasteiger partial charge on any atom is 0.164 e. The molecule has 0 spiro atoms. The van der Waals surface area contributed by atoms with Crippen LogP contribution in [0.3, 0.4) is 0 Å². The zero-order valence-corrected chi connectivity index (χ0v) is 31.4. The second kappa shape index (κ2) is 12.2. The van der Waals surface area contributed by atoms with Crippen molar-refractivity contribution in [1.29, 1.82) is 0 Å². The molecule has 9 aromatic carbocycles. The van der Waals surface area contributed by atoms with Gasteiger partial charge in [-0.3, -0.25) is 0 Å². The van der Waals surface area contributed by atoms with E-state index in [1.807, 2.05) is 72.8 Å². The lowest BCUT2D eigenvalue weighted by molar-refractivity contribution is 0.668. The van der Waals surface area contributed by atoms with Gasteiger partial charge in [0, 0.05) is 54.7 Å². The number of rotatable bonds is 4. The van der Waals surface area contributed by atoms with Crippen LogP contribution in [0.4, 0.5) is 0 Å². The van der Waals surface area contributed by atoms with E-state index in [0.717, 1.165) is 77.3 Å². The molecule has 0 atom stereocenters. The zero-order chi connectivity index (χ0) is 38.6. The summed E-state index contributed by atoms with van der Waals surface area (Å²) in [5, 5.41) is 11.3. The number of nitrogens with zero attached hydrogens (tertiary/aromatic N) is 4. The number of hydrogen-bond donors (Lipinski definition) is 0. The fourth-order valence-electron chi connectivity index (χ4n) is 9.01. The van der Waals surface area contributed by atoms with Crippen LogP contribution < -0.4 is 0 Å². The van der Waals surface area contributed by atoms with E-state index >= 15 is 0 Å². The molecule has 13 rings (SSSR count). The summed E-state index contributed by atoms with van der Waals surface area (Å²) < 4.78 is 15.2. The van der Waals surface area contributed by atoms with Gasteiger partial charge in [0.05, 0.1) is 11.0 Å². The normalized spacial score (nSPS) is 12.1. The highest BCUT2D eigenvalue weighted by molar-refractivity contribution is 6.18. The molecule has 0 aliphatic rings. The highest BCUT2D eigenvalue weighted by Crippen LogP contribution is 2.41. The Morgan fingerprint density at radius 1 is 0.339 bits per heavy atom. The van der Waals surface area contributed by atoms with Crippen molar-refractivity contribution in [3.8, 4) is 39.9 Å². The lowest BCUT2D eigenvalue weighted by Crippen LogP contribution is -2.00. The van der Waals surface area contributed by atoms with Crippen LogP contribution >= 0.6 is 0 Å². The zero-order valence-electron chi connectivity index (χ0n) is 31.4. The summed E-state index contributed by atoms with van der Waals surface area (Å²) in [6.07, 6.45) is 0. The SMILES string of the molecule is c1ccc(-c2nc(-c3ccc4oc5ccccc5c4c3)nc(-c3cccc4oc5ccc(-n6c7cc8ccccc8cc7c7cc8ccccc8cc76)cc5c34)n2)cc1. The molecular formula is C53H30N4O2. The second-order valence-corrected chi connectivity index (χ2v) is 15.2. The minimum atomic E-state index is 0.569. The summed E-state index contributed by atoms with van der Waals surface area (Å²) in [7, 11) is 0. The molecule has 0 amide bonds. The minimum Gasteiger partial charge on any atom is -0.456 e. The fourth-order valence-corrected chi connectivity index (χ4v) is 9.01. The Balaban J connectivity index is 1.06. The van der Waals surface area contributed by atoms with E-state index in [0.29, 0.717) is 17.5 Å². The molecular weight excluding hydrogens is 725 g/mol. The number of aromatic nitrogens is 4. The Labute approximate surface area is 336 Å². The standard InChI is InChI=1S/C53H30N4O2/c1-2-11-31(12-3-1)51-54-52(36-21-23-47-42(27-36)38-17-8-9-19-46(38)58-47)56-53(55-51)39-18-10-20-49-50(39)43-30-37(22-24-48(43)59-49)57-44-28-34-15-6-4-13-32(34)25-40(44)41-26-33-14-5-7-16-35(33)29-45(41)57/h1-30H. The van der Waals surface area contributed by atoms with Crippen molar-refractivity contribution in [2.75, 3.05) is 0 Å². The third-order valence-corrected chi connectivity index (χ3v) is 11.8. The summed E-state index contributed by atoms with van der Waals surface area (Å²) >= 11 is 0. The lowest BCUT2D eigenvalue weighted by Gasteiger charge is -2.10. The Kier molecular flexibility index (Phi) is 6.63. The molecule has 0 fully saturated rings. The van der Waals surface area contributed by atoms with Gasteiger partial charge < -0.3 is 13.4 Å². The van der Waals surface area contributed by atoms with Gasteiger partial charge in [-0.2, -0.15) is 0 Å². The average molecular weight is 755 g/mol. The van der Waals surface area contributed by atoms with Crippen LogP contribution in [0.2, 0.25) is 0 Å². The fraction of sp³-hybridized carbons (Fsp3) is 0. The molecule has 0 aliphatic carbocycles. The summed E-state index contributed by atoms with van der Waals surface area (Å²) in [6.45, 7) is 0. The van der Waals surface area contributed by atoms with Gasteiger partial charge in [-0.1, -0.05) is 109 Å². The van der Waals surface area contributed by atoms with Crippen molar-refractivity contribution in [2.24, 2.45) is 0 Å². The van der Waals surface area contributed by atoms with Gasteiger partial charge in [0.25, 0.3) is 0 Å². The predicted molar refractivity (Wildman–Crippen MR) is 240 cm³/mol. The Bertz CT molecular complexity index is 3760. The van der Waals surface area contributed by atoms with Crippen LogP contribution in [0.5, 0.6) is 0 Å². The number of hydrogen-bond acceptors (Lipinski definition) is 5. The van der Waals surface area contributed by atoms with Gasteiger partial charge in [-0.25, -0.2) is 15.0 Å². The van der Waals surface area contributed by atoms with Crippen molar-refractivity contribution in [2.45, 2.75) is 0 Å². The highest BCUT2D eigenvalue weighted by atomic mass is 16.3. The summed E-state index contributed by atoms with van der Waals surface area (Å²) in [5.74, 6) is 1.74. The Morgan fingerprint density at radius 3 is 1.64 bits per heavy atom. The summed E-state index contributed by atoms with van der Waals surface area (Å²) in [4.78, 5) is 15.5. The van der Waals surface area contributed by atoms with E-state index in [4.69, 9.17) is 23.8 Å². The maximum atomic E-state index is 6.60. The van der Waals surface area contributed by atoms with Crippen molar-refractivity contribution in [3.63, 3.8) is 0 Å². The van der Waals surface area contributed by atoms with Crippen LogP contribution in [0.1, 0.15) is 0 Å². The number of benzene rings is 9. The molecule has 0 saturated carbocycles. The van der Waals surface area contributed by atoms with E-state index in [-0.39, 0.29) is 0 Å². The first-order valence-electron chi connectivity index (χ1n) is 19.8. The first-order chi connectivity index (χ1) is 29.2. The van der Waals surface area contributed by atoms with Crippen molar-refractivity contribution in [3.05, 3.63) is 182 Å². The topological polar surface area (TPSA) is 69.9 Å². The molecule has 0 radical (unpaired) electrons. The number of furan rings is 2. The summed E-state index contributed by atoms with van der Waals surface area (Å²) in [5.41, 5.74) is 9.23. The van der Waals surface area contributed by atoms with E-state index < -0.39 is 0 Å². The number of para-hydroxylation sites is 1. The highest BCUT2D eigenvalue weighted by Gasteiger charge is 2.21. The maximum absolute atomic E-state index is 6.60. The van der Waals surface area contributed by atoms with Crippen LogP contribution in [0, 0.1) is 0 Å². The molecule has 0 unspecified atom stereocenters. The molecule has 4 aromatic heterocycles. The molecule has 0 bridgehead atoms. The molecule has 0 saturated heterocycles. The molecule has 274 valence electrons. The van der Waals surface area contributed by atoms with Gasteiger partial charge in [-0.05, 0) is 94.3 Å². The average Bonchev–Trinajstić information content (AvgIpc) is 3.96. The van der Waals surface area contributed by atoms with Gasteiger partial charge in [0.1, 0.15) is 22.3 Å². The van der Waals surface area contributed by atoms with Crippen molar-refractivity contribution < 1.29 is 8.83 Å². The van der Waals surface area contributed by atoms with Gasteiger partial charge in [-0.15, -0.1) is 0 Å². The monoisotopic (exact) mass is 754 g/mol. The Morgan fingerprint density at radius 2 is 0.898 bits per heavy atom. The molecule has 0 N–H and O–H groups in total. The van der Waals surface area contributed by atoms with Crippen molar-refractivity contribution in [1.82, 2.24) is 19.5 Å². The smallest absolute Gasteiger partial charge is 0.164 e. The molecule has 4 heterocycles. The molecule has 13 aromatic rings. The van der Waals surface area contributed by atoms with Crippen LogP contribution in [0.15, 0.2) is 191 Å². The molecule has 6 nitrogen and oxygen atoms in total.